The zero-order valence-electron chi connectivity index (χ0n) is 10.7. The summed E-state index contributed by atoms with van der Waals surface area (Å²) in [4.78, 5) is 12.3. The number of benzene rings is 2. The van der Waals surface area contributed by atoms with Crippen molar-refractivity contribution in [1.82, 2.24) is 0 Å². The van der Waals surface area contributed by atoms with E-state index in [0.717, 1.165) is 5.56 Å². The van der Waals surface area contributed by atoms with Crippen LogP contribution in [0, 0.1) is 5.82 Å². The molecule has 1 unspecified atom stereocenters. The lowest BCUT2D eigenvalue weighted by Crippen LogP contribution is -2.15. The van der Waals surface area contributed by atoms with Gasteiger partial charge in [0, 0.05) is 10.5 Å². The number of carbonyl (C=O) groups excluding carboxylic acids is 1. The fraction of sp³-hybridized carbons (Fsp3) is 0.133. The Morgan fingerprint density at radius 3 is 2.60 bits per heavy atom. The van der Waals surface area contributed by atoms with Gasteiger partial charge in [0.15, 0.2) is 0 Å². The number of rotatable bonds is 3. The van der Waals surface area contributed by atoms with Gasteiger partial charge < -0.3 is 5.32 Å². The van der Waals surface area contributed by atoms with Gasteiger partial charge in [-0.25, -0.2) is 4.39 Å². The molecule has 0 bridgehead atoms. The van der Waals surface area contributed by atoms with E-state index < -0.39 is 11.7 Å². The van der Waals surface area contributed by atoms with E-state index >= 15 is 0 Å². The Hall–Kier alpha value is -1.20. The van der Waals surface area contributed by atoms with Gasteiger partial charge in [-0.2, -0.15) is 0 Å². The third-order valence-electron chi connectivity index (χ3n) is 2.83. The van der Waals surface area contributed by atoms with Crippen LogP contribution in [-0.2, 0) is 0 Å². The van der Waals surface area contributed by atoms with Crippen LogP contribution in [0.1, 0.15) is 27.7 Å². The summed E-state index contributed by atoms with van der Waals surface area (Å²) in [6, 6.07) is 12.1. The van der Waals surface area contributed by atoms with Crippen LogP contribution in [0.25, 0.3) is 0 Å². The summed E-state index contributed by atoms with van der Waals surface area (Å²) in [5.41, 5.74) is 1.62. The van der Waals surface area contributed by atoms with E-state index in [1.54, 1.807) is 18.2 Å². The lowest BCUT2D eigenvalue weighted by molar-refractivity contribution is 0.102. The van der Waals surface area contributed by atoms with Gasteiger partial charge in [-0.1, -0.05) is 40.2 Å². The topological polar surface area (TPSA) is 29.1 Å². The summed E-state index contributed by atoms with van der Waals surface area (Å²) in [5, 5.41) is 2.75. The van der Waals surface area contributed by atoms with Crippen LogP contribution in [0.4, 0.5) is 10.1 Å². The number of halogens is 3. The van der Waals surface area contributed by atoms with Crippen LogP contribution in [-0.4, -0.2) is 5.91 Å². The largest absolute Gasteiger partial charge is 0.322 e. The van der Waals surface area contributed by atoms with Crippen molar-refractivity contribution in [1.29, 1.82) is 0 Å². The molecule has 2 aromatic rings. The van der Waals surface area contributed by atoms with Crippen molar-refractivity contribution in [3.63, 3.8) is 0 Å². The smallest absolute Gasteiger partial charge is 0.258 e. The van der Waals surface area contributed by atoms with E-state index in [4.69, 9.17) is 0 Å². The number of para-hydroxylation sites is 1. The second kappa shape index (κ2) is 6.50. The van der Waals surface area contributed by atoms with E-state index in [-0.39, 0.29) is 14.9 Å². The molecule has 0 radical (unpaired) electrons. The monoisotopic (exact) mass is 399 g/mol. The fourth-order valence-corrected chi connectivity index (χ4v) is 2.59. The number of anilines is 1. The number of nitrogens with one attached hydrogen (secondary N) is 1. The molecule has 0 saturated carbocycles. The first-order valence-corrected chi connectivity index (χ1v) is 7.70. The summed E-state index contributed by atoms with van der Waals surface area (Å²) >= 11 is 6.55. The molecule has 2 rings (SSSR count). The first-order valence-electron chi connectivity index (χ1n) is 5.99. The molecule has 2 aromatic carbocycles. The van der Waals surface area contributed by atoms with Crippen LogP contribution in [0.3, 0.4) is 0 Å². The summed E-state index contributed by atoms with van der Waals surface area (Å²) in [6.45, 7) is 1.96. The zero-order chi connectivity index (χ0) is 14.7. The van der Waals surface area contributed by atoms with Gasteiger partial charge in [0.25, 0.3) is 5.91 Å². The Bertz CT molecular complexity index is 644. The summed E-state index contributed by atoms with van der Waals surface area (Å²) in [7, 11) is 0. The van der Waals surface area contributed by atoms with E-state index in [1.807, 2.05) is 25.1 Å². The maximum Gasteiger partial charge on any atom is 0.258 e. The van der Waals surface area contributed by atoms with Gasteiger partial charge in [-0.15, -0.1) is 0 Å². The van der Waals surface area contributed by atoms with Crippen molar-refractivity contribution in [3.8, 4) is 0 Å². The second-order valence-corrected chi connectivity index (χ2v) is 6.49. The summed E-state index contributed by atoms with van der Waals surface area (Å²) in [5.74, 6) is -1.03. The average molecular weight is 401 g/mol. The number of carbonyl (C=O) groups is 1. The molecular weight excluding hydrogens is 389 g/mol. The highest BCUT2D eigenvalue weighted by molar-refractivity contribution is 9.10. The maximum atomic E-state index is 13.9. The molecule has 0 fully saturated rings. The second-order valence-electron chi connectivity index (χ2n) is 4.26. The van der Waals surface area contributed by atoms with Crippen molar-refractivity contribution < 1.29 is 9.18 Å². The number of alkyl halides is 1. The van der Waals surface area contributed by atoms with E-state index in [0.29, 0.717) is 5.69 Å². The van der Waals surface area contributed by atoms with Gasteiger partial charge >= 0.3 is 0 Å². The molecule has 20 heavy (non-hydrogen) atoms. The molecule has 0 heterocycles. The van der Waals surface area contributed by atoms with Crippen LogP contribution >= 0.6 is 31.9 Å². The third-order valence-corrected chi connectivity index (χ3v) is 3.94. The molecule has 1 N–H and O–H groups in total. The summed E-state index contributed by atoms with van der Waals surface area (Å²) < 4.78 is 14.2. The van der Waals surface area contributed by atoms with E-state index in [9.17, 15) is 9.18 Å². The Morgan fingerprint density at radius 2 is 1.90 bits per heavy atom. The first kappa shape index (κ1) is 15.2. The van der Waals surface area contributed by atoms with Crippen LogP contribution in [0.2, 0.25) is 0 Å². The first-order chi connectivity index (χ1) is 9.50. The van der Waals surface area contributed by atoms with Gasteiger partial charge in [0.2, 0.25) is 0 Å². The van der Waals surface area contributed by atoms with Crippen LogP contribution in [0.5, 0.6) is 0 Å². The SMILES string of the molecule is CC(Br)c1ccccc1NC(=O)c1cccc(Br)c1F. The minimum absolute atomic E-state index is 0.0106. The fourth-order valence-electron chi connectivity index (χ4n) is 1.83. The molecular formula is C15H12Br2FNO. The van der Waals surface area contributed by atoms with Gasteiger partial charge in [-0.05, 0) is 46.6 Å². The molecule has 0 saturated heterocycles. The molecule has 0 aliphatic heterocycles. The number of hydrogen-bond donors (Lipinski definition) is 1. The highest BCUT2D eigenvalue weighted by atomic mass is 79.9. The van der Waals surface area contributed by atoms with Crippen molar-refractivity contribution in [2.45, 2.75) is 11.8 Å². The Kier molecular flexibility index (Phi) is 4.94. The number of hydrogen-bond acceptors (Lipinski definition) is 1. The molecule has 1 amide bonds. The molecule has 2 nitrogen and oxygen atoms in total. The predicted molar refractivity (Wildman–Crippen MR) is 85.8 cm³/mol. The predicted octanol–water partition coefficient (Wildman–Crippen LogP) is 5.30. The van der Waals surface area contributed by atoms with E-state index in [2.05, 4.69) is 37.2 Å². The molecule has 104 valence electrons. The quantitative estimate of drug-likeness (QED) is 0.696. The highest BCUT2D eigenvalue weighted by Gasteiger charge is 2.16. The minimum atomic E-state index is -0.561. The van der Waals surface area contributed by atoms with Gasteiger partial charge in [-0.3, -0.25) is 4.79 Å². The summed E-state index contributed by atoms with van der Waals surface area (Å²) in [6.07, 6.45) is 0. The van der Waals surface area contributed by atoms with Crippen molar-refractivity contribution in [2.24, 2.45) is 0 Å². The van der Waals surface area contributed by atoms with Crippen molar-refractivity contribution >= 4 is 43.5 Å². The lowest BCUT2D eigenvalue weighted by Gasteiger charge is -2.13. The average Bonchev–Trinajstić information content (AvgIpc) is 2.42. The molecule has 1 atom stereocenters. The normalized spacial score (nSPS) is 12.0. The lowest BCUT2D eigenvalue weighted by atomic mass is 10.1. The van der Waals surface area contributed by atoms with Crippen molar-refractivity contribution in [2.75, 3.05) is 5.32 Å². The molecule has 0 aliphatic rings. The van der Waals surface area contributed by atoms with Crippen LogP contribution < -0.4 is 5.32 Å². The molecule has 0 aromatic heterocycles. The molecule has 5 heteroatoms. The Balaban J connectivity index is 2.31. The Labute approximate surface area is 133 Å². The Morgan fingerprint density at radius 1 is 1.20 bits per heavy atom. The zero-order valence-corrected chi connectivity index (χ0v) is 13.8. The van der Waals surface area contributed by atoms with Gasteiger partial charge in [0.05, 0.1) is 10.0 Å². The standard InChI is InChI=1S/C15H12Br2FNO/c1-9(16)10-5-2-3-8-13(10)19-15(20)11-6-4-7-12(17)14(11)18/h2-9H,1H3,(H,19,20). The maximum absolute atomic E-state index is 13.9. The molecule has 0 spiro atoms. The third kappa shape index (κ3) is 3.27. The van der Waals surface area contributed by atoms with Gasteiger partial charge in [0.1, 0.15) is 5.82 Å². The molecule has 0 aliphatic carbocycles. The van der Waals surface area contributed by atoms with Crippen LogP contribution in [0.15, 0.2) is 46.9 Å². The van der Waals surface area contributed by atoms with E-state index in [1.165, 1.54) is 6.07 Å². The highest BCUT2D eigenvalue weighted by Crippen LogP contribution is 2.29. The number of amides is 1. The minimum Gasteiger partial charge on any atom is -0.322 e. The van der Waals surface area contributed by atoms with Crippen molar-refractivity contribution in [3.05, 3.63) is 63.9 Å².